The van der Waals surface area contributed by atoms with E-state index in [9.17, 15) is 9.90 Å². The Morgan fingerprint density at radius 3 is 2.72 bits per heavy atom. The van der Waals surface area contributed by atoms with Gasteiger partial charge in [0.05, 0.1) is 12.6 Å². The van der Waals surface area contributed by atoms with Crippen molar-refractivity contribution in [3.05, 3.63) is 59.3 Å². The Bertz CT molecular complexity index is 854. The van der Waals surface area contributed by atoms with Crippen molar-refractivity contribution in [1.82, 2.24) is 15.2 Å². The molecular formula is C23H29N3O3. The van der Waals surface area contributed by atoms with Gasteiger partial charge in [0.25, 0.3) is 5.91 Å². The summed E-state index contributed by atoms with van der Waals surface area (Å²) in [7, 11) is 1.87. The second-order valence-electron chi connectivity index (χ2n) is 7.55. The number of aliphatic hydroxyl groups is 1. The Labute approximate surface area is 172 Å². The molecule has 1 aliphatic rings. The van der Waals surface area contributed by atoms with Gasteiger partial charge in [-0.25, -0.2) is 4.98 Å². The van der Waals surface area contributed by atoms with Gasteiger partial charge >= 0.3 is 0 Å². The average Bonchev–Trinajstić information content (AvgIpc) is 2.75. The van der Waals surface area contributed by atoms with Gasteiger partial charge in [-0.1, -0.05) is 49.4 Å². The minimum Gasteiger partial charge on any atom is -0.472 e. The molecule has 0 unspecified atom stereocenters. The smallest absolute Gasteiger partial charge is 0.259 e. The lowest BCUT2D eigenvalue weighted by molar-refractivity contribution is 0.0404. The molecule has 29 heavy (non-hydrogen) atoms. The molecule has 0 saturated heterocycles. The number of carbonyl (C=O) groups excluding carboxylic acids is 1. The molecule has 0 radical (unpaired) electrons. The predicted octanol–water partition coefficient (Wildman–Crippen LogP) is 2.69. The van der Waals surface area contributed by atoms with Crippen LogP contribution in [-0.2, 0) is 0 Å². The second kappa shape index (κ2) is 9.67. The van der Waals surface area contributed by atoms with Crippen LogP contribution in [0.15, 0.2) is 42.6 Å². The van der Waals surface area contributed by atoms with Crippen LogP contribution in [0.5, 0.6) is 5.88 Å². The summed E-state index contributed by atoms with van der Waals surface area (Å²) >= 11 is 0. The second-order valence-corrected chi connectivity index (χ2v) is 7.55. The molecule has 0 bridgehead atoms. The van der Waals surface area contributed by atoms with E-state index in [1.54, 1.807) is 11.1 Å². The lowest BCUT2D eigenvalue weighted by Crippen LogP contribution is -2.49. The Morgan fingerprint density at radius 1 is 1.31 bits per heavy atom. The van der Waals surface area contributed by atoms with Crippen molar-refractivity contribution in [2.75, 3.05) is 26.7 Å². The summed E-state index contributed by atoms with van der Waals surface area (Å²) in [5, 5.41) is 12.8. The van der Waals surface area contributed by atoms with E-state index in [-0.39, 0.29) is 30.6 Å². The SMILES string of the molecule is CNC[C@@H]1Oc2ncc(/C=C/c3ccccc3)cc2C(=O)N([C@@H](C)CO)C[C@@H]1C. The fraction of sp³-hybridized carbons (Fsp3) is 0.391. The van der Waals surface area contributed by atoms with Gasteiger partial charge < -0.3 is 20.1 Å². The van der Waals surface area contributed by atoms with Crippen molar-refractivity contribution < 1.29 is 14.6 Å². The van der Waals surface area contributed by atoms with E-state index in [1.165, 1.54) is 0 Å². The number of amides is 1. The van der Waals surface area contributed by atoms with Crippen molar-refractivity contribution in [3.63, 3.8) is 0 Å². The summed E-state index contributed by atoms with van der Waals surface area (Å²) in [5.74, 6) is 0.264. The molecule has 0 fully saturated rings. The van der Waals surface area contributed by atoms with E-state index in [4.69, 9.17) is 4.74 Å². The number of nitrogens with one attached hydrogen (secondary N) is 1. The van der Waals surface area contributed by atoms with Gasteiger partial charge in [0.15, 0.2) is 0 Å². The molecule has 3 rings (SSSR count). The fourth-order valence-corrected chi connectivity index (χ4v) is 3.41. The lowest BCUT2D eigenvalue weighted by atomic mass is 10.00. The number of benzene rings is 1. The number of hydrogen-bond acceptors (Lipinski definition) is 5. The van der Waals surface area contributed by atoms with Crippen LogP contribution in [0.4, 0.5) is 0 Å². The monoisotopic (exact) mass is 395 g/mol. The van der Waals surface area contributed by atoms with Crippen molar-refractivity contribution >= 4 is 18.1 Å². The largest absolute Gasteiger partial charge is 0.472 e. The van der Waals surface area contributed by atoms with Crippen LogP contribution in [0.2, 0.25) is 0 Å². The molecule has 6 nitrogen and oxygen atoms in total. The minimum atomic E-state index is -0.283. The highest BCUT2D eigenvalue weighted by Crippen LogP contribution is 2.27. The third-order valence-corrected chi connectivity index (χ3v) is 5.22. The van der Waals surface area contributed by atoms with Gasteiger partial charge in [-0.15, -0.1) is 0 Å². The van der Waals surface area contributed by atoms with Crippen molar-refractivity contribution in [2.45, 2.75) is 26.0 Å². The van der Waals surface area contributed by atoms with Gasteiger partial charge in [-0.05, 0) is 31.2 Å². The number of aromatic nitrogens is 1. The minimum absolute atomic E-state index is 0.0907. The summed E-state index contributed by atoms with van der Waals surface area (Å²) in [6.07, 6.45) is 5.51. The maximum atomic E-state index is 13.3. The van der Waals surface area contributed by atoms with Gasteiger partial charge in [0.2, 0.25) is 5.88 Å². The Hall–Kier alpha value is -2.70. The van der Waals surface area contributed by atoms with E-state index < -0.39 is 0 Å². The molecule has 0 saturated carbocycles. The van der Waals surface area contributed by atoms with Crippen molar-refractivity contribution in [3.8, 4) is 5.88 Å². The van der Waals surface area contributed by atoms with Crippen LogP contribution in [-0.4, -0.2) is 59.8 Å². The lowest BCUT2D eigenvalue weighted by Gasteiger charge is -2.36. The molecule has 0 spiro atoms. The Morgan fingerprint density at radius 2 is 2.03 bits per heavy atom. The molecule has 1 aliphatic heterocycles. The zero-order valence-corrected chi connectivity index (χ0v) is 17.2. The third-order valence-electron chi connectivity index (χ3n) is 5.22. The highest BCUT2D eigenvalue weighted by atomic mass is 16.5. The first-order valence-corrected chi connectivity index (χ1v) is 9.99. The molecule has 2 aromatic rings. The molecule has 3 atom stereocenters. The summed E-state index contributed by atoms with van der Waals surface area (Å²) in [6, 6.07) is 11.5. The number of ether oxygens (including phenoxy) is 1. The van der Waals surface area contributed by atoms with Gasteiger partial charge in [0, 0.05) is 25.2 Å². The predicted molar refractivity (Wildman–Crippen MR) is 115 cm³/mol. The topological polar surface area (TPSA) is 74.7 Å². The highest BCUT2D eigenvalue weighted by molar-refractivity contribution is 5.97. The maximum Gasteiger partial charge on any atom is 0.259 e. The number of hydrogen-bond donors (Lipinski definition) is 2. The highest BCUT2D eigenvalue weighted by Gasteiger charge is 2.33. The number of aliphatic hydroxyl groups excluding tert-OH is 1. The van der Waals surface area contributed by atoms with Crippen LogP contribution in [0.1, 0.15) is 35.3 Å². The maximum absolute atomic E-state index is 13.3. The first-order chi connectivity index (χ1) is 14.0. The first-order valence-electron chi connectivity index (χ1n) is 9.99. The van der Waals surface area contributed by atoms with Crippen LogP contribution >= 0.6 is 0 Å². The number of pyridine rings is 1. The van der Waals surface area contributed by atoms with Crippen LogP contribution in [0, 0.1) is 5.92 Å². The number of carbonyl (C=O) groups is 1. The standard InChI is InChI=1S/C23H29N3O3/c1-16-14-26(17(2)15-27)23(28)20-11-19(10-9-18-7-5-4-6-8-18)12-25-22(20)29-21(16)13-24-3/h4-12,16-17,21,24,27H,13-15H2,1-3H3/b10-9+/t16-,17-,21-/m0/s1. The molecule has 2 N–H and O–H groups in total. The number of fused-ring (bicyclic) bond motifs is 1. The van der Waals surface area contributed by atoms with E-state index in [1.807, 2.05) is 69.4 Å². The van der Waals surface area contributed by atoms with Crippen LogP contribution < -0.4 is 10.1 Å². The van der Waals surface area contributed by atoms with Gasteiger partial charge in [-0.2, -0.15) is 0 Å². The van der Waals surface area contributed by atoms with Gasteiger partial charge in [-0.3, -0.25) is 4.79 Å². The molecule has 1 amide bonds. The van der Waals surface area contributed by atoms with E-state index in [0.717, 1.165) is 11.1 Å². The third kappa shape index (κ3) is 5.02. The molecule has 0 aliphatic carbocycles. The van der Waals surface area contributed by atoms with Crippen LogP contribution in [0.25, 0.3) is 12.2 Å². The average molecular weight is 396 g/mol. The van der Waals surface area contributed by atoms with Crippen molar-refractivity contribution in [1.29, 1.82) is 0 Å². The zero-order valence-electron chi connectivity index (χ0n) is 17.2. The summed E-state index contributed by atoms with van der Waals surface area (Å²) < 4.78 is 6.13. The summed E-state index contributed by atoms with van der Waals surface area (Å²) in [4.78, 5) is 19.5. The Kier molecular flexibility index (Phi) is 7.01. The van der Waals surface area contributed by atoms with E-state index in [2.05, 4.69) is 10.3 Å². The fourth-order valence-electron chi connectivity index (χ4n) is 3.41. The number of nitrogens with zero attached hydrogens (tertiary/aromatic N) is 2. The molecule has 6 heteroatoms. The molecule has 154 valence electrons. The quantitative estimate of drug-likeness (QED) is 0.787. The summed E-state index contributed by atoms with van der Waals surface area (Å²) in [6.45, 7) is 4.97. The van der Waals surface area contributed by atoms with Gasteiger partial charge in [0.1, 0.15) is 11.7 Å². The van der Waals surface area contributed by atoms with E-state index >= 15 is 0 Å². The zero-order chi connectivity index (χ0) is 20.8. The summed E-state index contributed by atoms with van der Waals surface area (Å²) in [5.41, 5.74) is 2.31. The first kappa shape index (κ1) is 21.0. The van der Waals surface area contributed by atoms with Crippen molar-refractivity contribution in [2.24, 2.45) is 5.92 Å². The Balaban J connectivity index is 1.97. The number of rotatable bonds is 6. The normalized spacial score (nSPS) is 20.7. The molecule has 1 aromatic heterocycles. The van der Waals surface area contributed by atoms with E-state index in [0.29, 0.717) is 24.5 Å². The molecule has 1 aromatic carbocycles. The number of likely N-dealkylation sites (N-methyl/N-ethyl adjacent to an activating group) is 1. The molecule has 2 heterocycles. The van der Waals surface area contributed by atoms with Crippen LogP contribution in [0.3, 0.4) is 0 Å². The molecular weight excluding hydrogens is 366 g/mol.